The zero-order valence-electron chi connectivity index (χ0n) is 9.11. The molecule has 6 heteroatoms. The number of nitrogens with one attached hydrogen (secondary N) is 3. The zero-order chi connectivity index (χ0) is 11.8. The minimum atomic E-state index is -0.0348. The van der Waals surface area contributed by atoms with Crippen molar-refractivity contribution < 1.29 is 4.79 Å². The van der Waals surface area contributed by atoms with Crippen molar-refractivity contribution in [1.29, 1.82) is 0 Å². The van der Waals surface area contributed by atoms with Gasteiger partial charge in [0, 0.05) is 11.0 Å². The van der Waals surface area contributed by atoms with E-state index in [1.54, 1.807) is 0 Å². The molecule has 0 radical (unpaired) electrons. The third-order valence-electron chi connectivity index (χ3n) is 3.16. The Kier molecular flexibility index (Phi) is 2.78. The van der Waals surface area contributed by atoms with E-state index in [0.717, 1.165) is 10.2 Å². The summed E-state index contributed by atoms with van der Waals surface area (Å²) in [6.45, 7) is 1.19. The molecule has 1 amide bonds. The van der Waals surface area contributed by atoms with Crippen LogP contribution < -0.4 is 21.1 Å². The average molecular weight is 297 g/mol. The number of carbonyl (C=O) groups is 1. The number of anilines is 1. The molecule has 5 nitrogen and oxygen atoms in total. The fourth-order valence-corrected chi connectivity index (χ4v) is 2.55. The van der Waals surface area contributed by atoms with E-state index in [-0.39, 0.29) is 18.0 Å². The molecule has 3 N–H and O–H groups in total. The summed E-state index contributed by atoms with van der Waals surface area (Å²) >= 11 is 3.41. The van der Waals surface area contributed by atoms with Gasteiger partial charge < -0.3 is 5.32 Å². The number of hydrazine groups is 1. The van der Waals surface area contributed by atoms with E-state index in [0.29, 0.717) is 13.2 Å². The first-order valence-electron chi connectivity index (χ1n) is 5.55. The van der Waals surface area contributed by atoms with E-state index in [1.165, 1.54) is 0 Å². The van der Waals surface area contributed by atoms with Gasteiger partial charge in [-0.25, -0.2) is 5.43 Å². The average Bonchev–Trinajstić information content (AvgIpc) is 2.75. The topological polar surface area (TPSA) is 56.4 Å². The van der Waals surface area contributed by atoms with Gasteiger partial charge in [-0.05, 0) is 24.3 Å². The van der Waals surface area contributed by atoms with Gasteiger partial charge in [-0.1, -0.05) is 15.9 Å². The van der Waals surface area contributed by atoms with Gasteiger partial charge in [-0.15, -0.1) is 0 Å². The van der Waals surface area contributed by atoms with E-state index in [9.17, 15) is 4.79 Å². The third-order valence-corrected chi connectivity index (χ3v) is 3.68. The maximum absolute atomic E-state index is 11.7. The zero-order valence-corrected chi connectivity index (χ0v) is 10.7. The van der Waals surface area contributed by atoms with Gasteiger partial charge in [0.05, 0.1) is 18.3 Å². The Labute approximate surface area is 108 Å². The SMILES string of the molecule is O=C1NCNC2C1CNN2c1ccc(Br)cc1. The van der Waals surface area contributed by atoms with Crippen LogP contribution in [0.25, 0.3) is 0 Å². The van der Waals surface area contributed by atoms with Crippen LogP contribution in [0.3, 0.4) is 0 Å². The maximum atomic E-state index is 11.7. The molecule has 0 saturated carbocycles. The number of rotatable bonds is 1. The van der Waals surface area contributed by atoms with Crippen molar-refractivity contribution in [3.63, 3.8) is 0 Å². The van der Waals surface area contributed by atoms with Gasteiger partial charge in [-0.2, -0.15) is 0 Å². The lowest BCUT2D eigenvalue weighted by Crippen LogP contribution is -2.58. The molecule has 1 aromatic rings. The molecule has 2 heterocycles. The maximum Gasteiger partial charge on any atom is 0.228 e. The Bertz CT molecular complexity index is 436. The van der Waals surface area contributed by atoms with Crippen LogP contribution in [0, 0.1) is 5.92 Å². The lowest BCUT2D eigenvalue weighted by molar-refractivity contribution is -0.126. The fourth-order valence-electron chi connectivity index (χ4n) is 2.28. The van der Waals surface area contributed by atoms with Crippen LogP contribution in [0.5, 0.6) is 0 Å². The molecule has 0 aromatic heterocycles. The molecular formula is C11H13BrN4O. The molecule has 2 saturated heterocycles. The molecule has 2 aliphatic rings. The second kappa shape index (κ2) is 4.29. The first-order valence-corrected chi connectivity index (χ1v) is 6.34. The largest absolute Gasteiger partial charge is 0.343 e. The number of nitrogens with zero attached hydrogens (tertiary/aromatic N) is 1. The van der Waals surface area contributed by atoms with Crippen LogP contribution in [0.2, 0.25) is 0 Å². The monoisotopic (exact) mass is 296 g/mol. The highest BCUT2D eigenvalue weighted by molar-refractivity contribution is 9.10. The van der Waals surface area contributed by atoms with E-state index in [1.807, 2.05) is 29.3 Å². The smallest absolute Gasteiger partial charge is 0.228 e. The fraction of sp³-hybridized carbons (Fsp3) is 0.364. The van der Waals surface area contributed by atoms with Crippen LogP contribution >= 0.6 is 15.9 Å². The van der Waals surface area contributed by atoms with Crippen LogP contribution in [-0.4, -0.2) is 25.3 Å². The number of halogens is 1. The second-order valence-corrected chi connectivity index (χ2v) is 5.10. The summed E-state index contributed by atoms with van der Waals surface area (Å²) in [5.74, 6) is 0.0771. The highest BCUT2D eigenvalue weighted by Gasteiger charge is 2.41. The minimum absolute atomic E-state index is 0.0323. The second-order valence-electron chi connectivity index (χ2n) is 4.18. The van der Waals surface area contributed by atoms with Crippen molar-refractivity contribution in [3.05, 3.63) is 28.7 Å². The van der Waals surface area contributed by atoms with Gasteiger partial charge >= 0.3 is 0 Å². The van der Waals surface area contributed by atoms with E-state index in [2.05, 4.69) is 32.0 Å². The van der Waals surface area contributed by atoms with Crippen molar-refractivity contribution in [2.24, 2.45) is 5.92 Å². The normalized spacial score (nSPS) is 27.8. The van der Waals surface area contributed by atoms with Gasteiger partial charge in [0.25, 0.3) is 0 Å². The summed E-state index contributed by atoms with van der Waals surface area (Å²) in [6, 6.07) is 8.03. The Morgan fingerprint density at radius 2 is 2.06 bits per heavy atom. The molecule has 2 atom stereocenters. The third kappa shape index (κ3) is 1.92. The van der Waals surface area contributed by atoms with E-state index < -0.39 is 0 Å². The number of amides is 1. The van der Waals surface area contributed by atoms with Crippen LogP contribution in [0.1, 0.15) is 0 Å². The lowest BCUT2D eigenvalue weighted by Gasteiger charge is -2.32. The van der Waals surface area contributed by atoms with Gasteiger partial charge in [-0.3, -0.25) is 15.1 Å². The quantitative estimate of drug-likeness (QED) is 0.702. The molecule has 90 valence electrons. The molecule has 0 aliphatic carbocycles. The molecule has 17 heavy (non-hydrogen) atoms. The number of benzene rings is 1. The first-order chi connectivity index (χ1) is 8.25. The Morgan fingerprint density at radius 3 is 2.82 bits per heavy atom. The number of carbonyl (C=O) groups excluding carboxylic acids is 1. The lowest BCUT2D eigenvalue weighted by atomic mass is 10.1. The van der Waals surface area contributed by atoms with E-state index in [4.69, 9.17) is 0 Å². The summed E-state index contributed by atoms with van der Waals surface area (Å²) < 4.78 is 1.05. The highest BCUT2D eigenvalue weighted by atomic mass is 79.9. The van der Waals surface area contributed by atoms with Gasteiger partial charge in [0.1, 0.15) is 6.17 Å². The summed E-state index contributed by atoms with van der Waals surface area (Å²) in [5, 5.41) is 8.13. The van der Waals surface area contributed by atoms with Crippen LogP contribution in [-0.2, 0) is 4.79 Å². The Morgan fingerprint density at radius 1 is 1.29 bits per heavy atom. The van der Waals surface area contributed by atoms with Crippen LogP contribution in [0.15, 0.2) is 28.7 Å². The minimum Gasteiger partial charge on any atom is -0.343 e. The summed E-state index contributed by atoms with van der Waals surface area (Å²) in [5.41, 5.74) is 4.32. The molecule has 0 bridgehead atoms. The van der Waals surface area contributed by atoms with E-state index >= 15 is 0 Å². The molecule has 1 aromatic carbocycles. The Balaban J connectivity index is 1.85. The van der Waals surface area contributed by atoms with Crippen molar-refractivity contribution in [3.8, 4) is 0 Å². The molecule has 2 unspecified atom stereocenters. The summed E-state index contributed by atoms with van der Waals surface area (Å²) in [6.07, 6.45) is 0.0323. The van der Waals surface area contributed by atoms with Crippen molar-refractivity contribution in [2.45, 2.75) is 6.17 Å². The predicted molar refractivity (Wildman–Crippen MR) is 68.0 cm³/mol. The van der Waals surface area contributed by atoms with Gasteiger partial charge in [0.15, 0.2) is 0 Å². The highest BCUT2D eigenvalue weighted by Crippen LogP contribution is 2.25. The van der Waals surface area contributed by atoms with Crippen molar-refractivity contribution in [1.82, 2.24) is 16.1 Å². The molecule has 2 aliphatic heterocycles. The number of hydrogen-bond acceptors (Lipinski definition) is 4. The molecule has 3 rings (SSSR count). The number of fused-ring (bicyclic) bond motifs is 1. The number of hydrogen-bond donors (Lipinski definition) is 3. The summed E-state index contributed by atoms with van der Waals surface area (Å²) in [7, 11) is 0. The van der Waals surface area contributed by atoms with Gasteiger partial charge in [0.2, 0.25) is 5.91 Å². The van der Waals surface area contributed by atoms with Crippen LogP contribution in [0.4, 0.5) is 5.69 Å². The molecule has 0 spiro atoms. The standard InChI is InChI=1S/C11H13BrN4O/c12-7-1-3-8(4-2-7)16-10-9(5-15-16)11(17)14-6-13-10/h1-4,9-10,13,15H,5-6H2,(H,14,17). The molecule has 2 fully saturated rings. The predicted octanol–water partition coefficient (Wildman–Crippen LogP) is 0.393. The van der Waals surface area contributed by atoms with Crippen molar-refractivity contribution in [2.75, 3.05) is 18.2 Å². The molecular weight excluding hydrogens is 284 g/mol. The summed E-state index contributed by atoms with van der Waals surface area (Å²) in [4.78, 5) is 11.7. The Hall–Kier alpha value is -1.11. The van der Waals surface area contributed by atoms with Crippen molar-refractivity contribution >= 4 is 27.5 Å². The first kappa shape index (κ1) is 11.0.